The molecule has 2 N–H and O–H groups in total. The van der Waals surface area contributed by atoms with Crippen molar-refractivity contribution in [3.63, 3.8) is 0 Å². The minimum atomic E-state index is -3.94. The lowest BCUT2D eigenvalue weighted by molar-refractivity contribution is -0.129. The zero-order chi connectivity index (χ0) is 24.0. The first-order valence-corrected chi connectivity index (χ1v) is 11.5. The number of esters is 1. The van der Waals surface area contributed by atoms with Crippen LogP contribution in [0.5, 0.6) is 0 Å². The normalized spacial score (nSPS) is 12.0. The maximum Gasteiger partial charge on any atom is 0.338 e. The van der Waals surface area contributed by atoms with Crippen molar-refractivity contribution in [3.8, 4) is 0 Å². The van der Waals surface area contributed by atoms with Crippen molar-refractivity contribution in [3.05, 3.63) is 95.3 Å². The van der Waals surface area contributed by atoms with E-state index in [4.69, 9.17) is 4.74 Å². The predicted octanol–water partition coefficient (Wildman–Crippen LogP) is 3.80. The highest BCUT2D eigenvalue weighted by atomic mass is 32.2. The second-order valence-corrected chi connectivity index (χ2v) is 9.08. The number of halogens is 1. The first-order chi connectivity index (χ1) is 15.6. The lowest BCUT2D eigenvalue weighted by Crippen LogP contribution is -2.35. The van der Waals surface area contributed by atoms with Gasteiger partial charge in [0.25, 0.3) is 15.9 Å². The molecule has 33 heavy (non-hydrogen) atoms. The van der Waals surface area contributed by atoms with Crippen molar-refractivity contribution < 1.29 is 27.1 Å². The molecule has 172 valence electrons. The Labute approximate surface area is 191 Å². The summed E-state index contributed by atoms with van der Waals surface area (Å²) in [6.45, 7) is 3.38. The first kappa shape index (κ1) is 23.9. The first-order valence-electron chi connectivity index (χ1n) is 10.1. The van der Waals surface area contributed by atoms with Gasteiger partial charge in [-0.2, -0.15) is 0 Å². The SMILES string of the molecule is Cc1cccc(NS(=O)(=O)c2cccc(C(=O)OC(C)C(=O)NCc3ccc(F)cc3)c2)c1. The highest BCUT2D eigenvalue weighted by Crippen LogP contribution is 2.19. The van der Waals surface area contributed by atoms with Crippen LogP contribution in [0.25, 0.3) is 0 Å². The van der Waals surface area contributed by atoms with E-state index in [1.54, 1.807) is 18.2 Å². The molecule has 7 nitrogen and oxygen atoms in total. The molecule has 3 aromatic rings. The third-order valence-electron chi connectivity index (χ3n) is 4.68. The number of carbonyl (C=O) groups is 2. The second-order valence-electron chi connectivity index (χ2n) is 7.39. The molecule has 1 unspecified atom stereocenters. The van der Waals surface area contributed by atoms with E-state index in [0.29, 0.717) is 11.3 Å². The van der Waals surface area contributed by atoms with Crippen LogP contribution in [-0.4, -0.2) is 26.4 Å². The minimum Gasteiger partial charge on any atom is -0.449 e. The van der Waals surface area contributed by atoms with Gasteiger partial charge in [0.15, 0.2) is 6.10 Å². The number of anilines is 1. The third-order valence-corrected chi connectivity index (χ3v) is 6.06. The summed E-state index contributed by atoms with van der Waals surface area (Å²) in [5, 5.41) is 2.60. The van der Waals surface area contributed by atoms with Gasteiger partial charge in [0.05, 0.1) is 10.5 Å². The summed E-state index contributed by atoms with van der Waals surface area (Å²) in [5.41, 5.74) is 1.95. The predicted molar refractivity (Wildman–Crippen MR) is 122 cm³/mol. The lowest BCUT2D eigenvalue weighted by atomic mass is 10.2. The molecule has 0 bridgehead atoms. The molecule has 0 aliphatic carbocycles. The van der Waals surface area contributed by atoms with Crippen molar-refractivity contribution in [1.82, 2.24) is 5.32 Å². The van der Waals surface area contributed by atoms with Gasteiger partial charge in [-0.3, -0.25) is 9.52 Å². The number of carbonyl (C=O) groups excluding carboxylic acids is 2. The molecule has 0 aromatic heterocycles. The Hall–Kier alpha value is -3.72. The van der Waals surface area contributed by atoms with Gasteiger partial charge in [-0.25, -0.2) is 17.6 Å². The lowest BCUT2D eigenvalue weighted by Gasteiger charge is -2.14. The number of nitrogens with one attached hydrogen (secondary N) is 2. The van der Waals surface area contributed by atoms with Crippen molar-refractivity contribution in [2.24, 2.45) is 0 Å². The third kappa shape index (κ3) is 6.63. The number of ether oxygens (including phenoxy) is 1. The van der Waals surface area contributed by atoms with Gasteiger partial charge >= 0.3 is 5.97 Å². The van der Waals surface area contributed by atoms with Crippen molar-refractivity contribution >= 4 is 27.6 Å². The highest BCUT2D eigenvalue weighted by Gasteiger charge is 2.21. The van der Waals surface area contributed by atoms with Gasteiger partial charge in [-0.05, 0) is 67.4 Å². The number of aryl methyl sites for hydroxylation is 1. The zero-order valence-electron chi connectivity index (χ0n) is 18.0. The van der Waals surface area contributed by atoms with Crippen LogP contribution in [-0.2, 0) is 26.1 Å². The Bertz CT molecular complexity index is 1260. The van der Waals surface area contributed by atoms with Gasteiger partial charge in [0, 0.05) is 12.2 Å². The van der Waals surface area contributed by atoms with E-state index in [1.165, 1.54) is 55.5 Å². The largest absolute Gasteiger partial charge is 0.449 e. The fraction of sp³-hybridized carbons (Fsp3) is 0.167. The van der Waals surface area contributed by atoms with Gasteiger partial charge in [0.1, 0.15) is 5.82 Å². The van der Waals surface area contributed by atoms with E-state index in [2.05, 4.69) is 10.0 Å². The van der Waals surface area contributed by atoms with Crippen molar-refractivity contribution in [2.45, 2.75) is 31.4 Å². The van der Waals surface area contributed by atoms with E-state index in [1.807, 2.05) is 13.0 Å². The Balaban J connectivity index is 1.63. The van der Waals surface area contributed by atoms with Crippen LogP contribution in [0.4, 0.5) is 10.1 Å². The Morgan fingerprint density at radius 3 is 2.39 bits per heavy atom. The summed E-state index contributed by atoms with van der Waals surface area (Å²) in [6.07, 6.45) is -1.12. The van der Waals surface area contributed by atoms with Crippen LogP contribution in [0.2, 0.25) is 0 Å². The topological polar surface area (TPSA) is 102 Å². The van der Waals surface area contributed by atoms with Crippen LogP contribution >= 0.6 is 0 Å². The maximum absolute atomic E-state index is 13.0. The summed E-state index contributed by atoms with van der Waals surface area (Å²) < 4.78 is 46.0. The van der Waals surface area contributed by atoms with Gasteiger partial charge in [-0.1, -0.05) is 30.3 Å². The molecule has 9 heteroatoms. The van der Waals surface area contributed by atoms with Crippen LogP contribution in [0.1, 0.15) is 28.4 Å². The standard InChI is InChI=1S/C24H23FN2O5S/c1-16-5-3-7-21(13-16)27-33(30,31)22-8-4-6-19(14-22)24(29)32-17(2)23(28)26-15-18-9-11-20(25)12-10-18/h3-14,17,27H,15H2,1-2H3,(H,26,28). The Morgan fingerprint density at radius 2 is 1.70 bits per heavy atom. The van der Waals surface area contributed by atoms with Crippen LogP contribution in [0.15, 0.2) is 77.7 Å². The molecule has 3 aromatic carbocycles. The molecule has 0 aliphatic rings. The van der Waals surface area contributed by atoms with Gasteiger partial charge in [0.2, 0.25) is 0 Å². The molecule has 0 aliphatic heterocycles. The average molecular weight is 471 g/mol. The molecular formula is C24H23FN2O5S. The zero-order valence-corrected chi connectivity index (χ0v) is 18.9. The van der Waals surface area contributed by atoms with E-state index < -0.39 is 28.0 Å². The molecule has 0 saturated heterocycles. The summed E-state index contributed by atoms with van der Waals surface area (Å²) in [4.78, 5) is 24.6. The van der Waals surface area contributed by atoms with Crippen LogP contribution in [0, 0.1) is 12.7 Å². The maximum atomic E-state index is 13.0. The van der Waals surface area contributed by atoms with Gasteiger partial charge < -0.3 is 10.1 Å². The number of sulfonamides is 1. The molecule has 0 fully saturated rings. The molecule has 0 radical (unpaired) electrons. The average Bonchev–Trinajstić information content (AvgIpc) is 2.78. The molecular weight excluding hydrogens is 447 g/mol. The molecule has 3 rings (SSSR count). The van der Waals surface area contributed by atoms with E-state index in [-0.39, 0.29) is 22.8 Å². The van der Waals surface area contributed by atoms with E-state index in [9.17, 15) is 22.4 Å². The van der Waals surface area contributed by atoms with Crippen LogP contribution in [0.3, 0.4) is 0 Å². The summed E-state index contributed by atoms with van der Waals surface area (Å²) in [5.74, 6) is -1.77. The number of benzene rings is 3. The van der Waals surface area contributed by atoms with Crippen molar-refractivity contribution in [2.75, 3.05) is 4.72 Å². The summed E-state index contributed by atoms with van der Waals surface area (Å²) in [6, 6.07) is 17.8. The molecule has 0 saturated carbocycles. The number of hydrogen-bond acceptors (Lipinski definition) is 5. The fourth-order valence-electron chi connectivity index (χ4n) is 2.93. The summed E-state index contributed by atoms with van der Waals surface area (Å²) in [7, 11) is -3.94. The Morgan fingerprint density at radius 1 is 1.00 bits per heavy atom. The number of rotatable bonds is 8. The summed E-state index contributed by atoms with van der Waals surface area (Å²) >= 11 is 0. The highest BCUT2D eigenvalue weighted by molar-refractivity contribution is 7.92. The molecule has 0 heterocycles. The van der Waals surface area contributed by atoms with Crippen molar-refractivity contribution in [1.29, 1.82) is 0 Å². The fourth-order valence-corrected chi connectivity index (χ4v) is 4.03. The molecule has 0 spiro atoms. The quantitative estimate of drug-likeness (QED) is 0.488. The van der Waals surface area contributed by atoms with Gasteiger partial charge in [-0.15, -0.1) is 0 Å². The monoisotopic (exact) mass is 470 g/mol. The second kappa shape index (κ2) is 10.3. The minimum absolute atomic E-state index is 0.0136. The Kier molecular flexibility index (Phi) is 7.44. The molecule has 1 amide bonds. The van der Waals surface area contributed by atoms with Crippen LogP contribution < -0.4 is 10.0 Å². The molecule has 1 atom stereocenters. The number of amides is 1. The van der Waals surface area contributed by atoms with E-state index >= 15 is 0 Å². The van der Waals surface area contributed by atoms with E-state index in [0.717, 1.165) is 5.56 Å². The smallest absolute Gasteiger partial charge is 0.338 e. The number of hydrogen-bond donors (Lipinski definition) is 2.